The van der Waals surface area contributed by atoms with E-state index >= 15 is 0 Å². The average molecular weight is 455 g/mol. The number of nitrogens with two attached hydrogens (primary N) is 1. The van der Waals surface area contributed by atoms with Gasteiger partial charge in [0.2, 0.25) is 0 Å². The van der Waals surface area contributed by atoms with Gasteiger partial charge in [0.05, 0.1) is 10.2 Å². The standard InChI is InChI=1S/C13H11Br2ClN2O2S/c1-7-2-8(14)4-10(3-7)18-21(19,20)12-6-9(16)5-11(17)13(12)15/h2-6,18H,17H2,1H3. The number of rotatable bonds is 3. The Bertz CT molecular complexity index is 790. The van der Waals surface area contributed by atoms with Crippen LogP contribution in [0.2, 0.25) is 5.02 Å². The third-order valence-corrected chi connectivity index (χ3v) is 5.84. The lowest BCUT2D eigenvalue weighted by atomic mass is 10.2. The third kappa shape index (κ3) is 3.91. The third-order valence-electron chi connectivity index (χ3n) is 2.62. The fourth-order valence-electron chi connectivity index (χ4n) is 1.79. The lowest BCUT2D eigenvalue weighted by Crippen LogP contribution is -2.14. The maximum absolute atomic E-state index is 12.5. The number of hydrogen-bond donors (Lipinski definition) is 2. The van der Waals surface area contributed by atoms with Gasteiger partial charge in [0.15, 0.2) is 0 Å². The van der Waals surface area contributed by atoms with Crippen LogP contribution in [0.15, 0.2) is 44.2 Å². The number of halogens is 3. The van der Waals surface area contributed by atoms with Crippen LogP contribution in [-0.4, -0.2) is 8.42 Å². The number of benzene rings is 2. The first-order valence-corrected chi connectivity index (χ1v) is 9.18. The fourth-order valence-corrected chi connectivity index (χ4v) is 4.73. The van der Waals surface area contributed by atoms with Crippen LogP contribution in [0.25, 0.3) is 0 Å². The first-order chi connectivity index (χ1) is 9.69. The number of hydrogen-bond acceptors (Lipinski definition) is 3. The SMILES string of the molecule is Cc1cc(Br)cc(NS(=O)(=O)c2cc(Cl)cc(N)c2Br)c1. The van der Waals surface area contributed by atoms with E-state index in [0.29, 0.717) is 5.69 Å². The van der Waals surface area contributed by atoms with Crippen LogP contribution in [0.1, 0.15) is 5.56 Å². The van der Waals surface area contributed by atoms with E-state index < -0.39 is 10.0 Å². The van der Waals surface area contributed by atoms with Crippen LogP contribution in [0.4, 0.5) is 11.4 Å². The normalized spacial score (nSPS) is 11.4. The predicted molar refractivity (Wildman–Crippen MR) is 93.3 cm³/mol. The summed E-state index contributed by atoms with van der Waals surface area (Å²) in [6.45, 7) is 1.87. The monoisotopic (exact) mass is 452 g/mol. The molecule has 0 bridgehead atoms. The molecule has 2 aromatic rings. The number of sulfonamides is 1. The van der Waals surface area contributed by atoms with Crippen molar-refractivity contribution in [1.29, 1.82) is 0 Å². The Morgan fingerprint density at radius 2 is 1.81 bits per heavy atom. The van der Waals surface area contributed by atoms with E-state index in [2.05, 4.69) is 36.6 Å². The molecular formula is C13H11Br2ClN2O2S. The number of aryl methyl sites for hydroxylation is 1. The lowest BCUT2D eigenvalue weighted by Gasteiger charge is -2.12. The Hall–Kier alpha value is -0.760. The summed E-state index contributed by atoms with van der Waals surface area (Å²) in [5.41, 5.74) is 7.36. The van der Waals surface area contributed by atoms with E-state index in [0.717, 1.165) is 10.0 Å². The molecule has 2 rings (SSSR count). The maximum Gasteiger partial charge on any atom is 0.263 e. The smallest absolute Gasteiger partial charge is 0.263 e. The van der Waals surface area contributed by atoms with Gasteiger partial charge in [-0.2, -0.15) is 0 Å². The minimum absolute atomic E-state index is 0.00914. The molecule has 4 nitrogen and oxygen atoms in total. The molecule has 0 unspecified atom stereocenters. The van der Waals surface area contributed by atoms with Gasteiger partial charge in [-0.25, -0.2) is 8.42 Å². The summed E-state index contributed by atoms with van der Waals surface area (Å²) in [4.78, 5) is -0.00914. The second kappa shape index (κ2) is 6.16. The Labute approximate surface area is 145 Å². The molecule has 0 heterocycles. The summed E-state index contributed by atoms with van der Waals surface area (Å²) in [7, 11) is -3.80. The molecule has 0 saturated carbocycles. The molecule has 112 valence electrons. The summed E-state index contributed by atoms with van der Waals surface area (Å²) in [6.07, 6.45) is 0. The molecular weight excluding hydrogens is 443 g/mol. The van der Waals surface area contributed by atoms with Crippen molar-refractivity contribution < 1.29 is 8.42 Å². The fraction of sp³-hybridized carbons (Fsp3) is 0.0769. The molecule has 0 radical (unpaired) electrons. The minimum atomic E-state index is -3.80. The van der Waals surface area contributed by atoms with Crippen molar-refractivity contribution in [2.75, 3.05) is 10.5 Å². The van der Waals surface area contributed by atoms with Crippen LogP contribution in [0, 0.1) is 6.92 Å². The summed E-state index contributed by atoms with van der Waals surface area (Å²) in [5.74, 6) is 0. The highest BCUT2D eigenvalue weighted by atomic mass is 79.9. The average Bonchev–Trinajstić information content (AvgIpc) is 2.31. The summed E-state index contributed by atoms with van der Waals surface area (Å²) in [5, 5.41) is 0.251. The summed E-state index contributed by atoms with van der Waals surface area (Å²) in [6, 6.07) is 8.10. The summed E-state index contributed by atoms with van der Waals surface area (Å²) >= 11 is 12.4. The van der Waals surface area contributed by atoms with Crippen molar-refractivity contribution in [3.8, 4) is 0 Å². The Kier molecular flexibility index (Phi) is 4.87. The molecule has 0 spiro atoms. The largest absolute Gasteiger partial charge is 0.398 e. The molecule has 0 aliphatic heterocycles. The van der Waals surface area contributed by atoms with Crippen LogP contribution >= 0.6 is 43.5 Å². The molecule has 0 amide bonds. The highest BCUT2D eigenvalue weighted by Gasteiger charge is 2.20. The van der Waals surface area contributed by atoms with Gasteiger partial charge in [0.25, 0.3) is 10.0 Å². The van der Waals surface area contributed by atoms with E-state index in [1.54, 1.807) is 12.1 Å². The van der Waals surface area contributed by atoms with Crippen LogP contribution in [-0.2, 0) is 10.0 Å². The van der Waals surface area contributed by atoms with E-state index in [4.69, 9.17) is 17.3 Å². The maximum atomic E-state index is 12.5. The molecule has 0 aliphatic rings. The van der Waals surface area contributed by atoms with E-state index in [9.17, 15) is 8.42 Å². The second-order valence-corrected chi connectivity index (χ2v) is 8.23. The summed E-state index contributed by atoms with van der Waals surface area (Å²) < 4.78 is 28.5. The molecule has 0 aromatic heterocycles. The van der Waals surface area contributed by atoms with Crippen LogP contribution < -0.4 is 10.5 Å². The van der Waals surface area contributed by atoms with Gasteiger partial charge < -0.3 is 5.73 Å². The van der Waals surface area contributed by atoms with Crippen LogP contribution in [0.3, 0.4) is 0 Å². The number of anilines is 2. The van der Waals surface area contributed by atoms with Crippen molar-refractivity contribution in [3.05, 3.63) is 49.9 Å². The van der Waals surface area contributed by atoms with Crippen molar-refractivity contribution in [2.45, 2.75) is 11.8 Å². The zero-order valence-electron chi connectivity index (χ0n) is 10.8. The molecule has 0 atom stereocenters. The molecule has 8 heteroatoms. The first kappa shape index (κ1) is 16.6. The van der Waals surface area contributed by atoms with Gasteiger partial charge in [-0.05, 0) is 58.7 Å². The Morgan fingerprint density at radius 1 is 1.14 bits per heavy atom. The van der Waals surface area contributed by atoms with Gasteiger partial charge in [0, 0.05) is 15.2 Å². The number of nitrogen functional groups attached to an aromatic ring is 1. The zero-order valence-corrected chi connectivity index (χ0v) is 15.6. The quantitative estimate of drug-likeness (QED) is 0.668. The first-order valence-electron chi connectivity index (χ1n) is 5.73. The van der Waals surface area contributed by atoms with Gasteiger partial charge in [-0.15, -0.1) is 0 Å². The van der Waals surface area contributed by atoms with Crippen LogP contribution in [0.5, 0.6) is 0 Å². The van der Waals surface area contributed by atoms with Gasteiger partial charge >= 0.3 is 0 Å². The second-order valence-electron chi connectivity index (χ2n) is 4.43. The lowest BCUT2D eigenvalue weighted by molar-refractivity contribution is 0.601. The topological polar surface area (TPSA) is 72.2 Å². The highest BCUT2D eigenvalue weighted by molar-refractivity contribution is 9.10. The van der Waals surface area contributed by atoms with Gasteiger partial charge in [0.1, 0.15) is 4.90 Å². The van der Waals surface area contributed by atoms with E-state index in [1.807, 2.05) is 13.0 Å². The minimum Gasteiger partial charge on any atom is -0.398 e. The molecule has 0 saturated heterocycles. The van der Waals surface area contributed by atoms with E-state index in [-0.39, 0.29) is 20.1 Å². The number of nitrogens with one attached hydrogen (secondary N) is 1. The zero-order chi connectivity index (χ0) is 15.8. The van der Waals surface area contributed by atoms with Crippen molar-refractivity contribution >= 4 is 64.9 Å². The molecule has 3 N–H and O–H groups in total. The molecule has 0 aliphatic carbocycles. The Morgan fingerprint density at radius 3 is 2.43 bits per heavy atom. The van der Waals surface area contributed by atoms with E-state index in [1.165, 1.54) is 12.1 Å². The van der Waals surface area contributed by atoms with Crippen molar-refractivity contribution in [2.24, 2.45) is 0 Å². The molecule has 21 heavy (non-hydrogen) atoms. The Balaban J connectivity index is 2.48. The highest BCUT2D eigenvalue weighted by Crippen LogP contribution is 2.33. The van der Waals surface area contributed by atoms with Crippen molar-refractivity contribution in [3.63, 3.8) is 0 Å². The predicted octanol–water partition coefficient (Wildman–Crippen LogP) is 4.56. The van der Waals surface area contributed by atoms with Gasteiger partial charge in [-0.1, -0.05) is 27.5 Å². The molecule has 0 fully saturated rings. The van der Waals surface area contributed by atoms with Crippen molar-refractivity contribution in [1.82, 2.24) is 0 Å². The molecule has 2 aromatic carbocycles. The van der Waals surface area contributed by atoms with Gasteiger partial charge in [-0.3, -0.25) is 4.72 Å².